The van der Waals surface area contributed by atoms with E-state index in [1.807, 2.05) is 57.0 Å². The number of carbonyl (C=O) groups excluding carboxylic acids is 1. The van der Waals surface area contributed by atoms with Crippen molar-refractivity contribution in [3.63, 3.8) is 0 Å². The van der Waals surface area contributed by atoms with Crippen molar-refractivity contribution in [3.05, 3.63) is 41.9 Å². The van der Waals surface area contributed by atoms with Gasteiger partial charge in [-0.2, -0.15) is 5.10 Å². The van der Waals surface area contributed by atoms with Crippen molar-refractivity contribution in [2.75, 3.05) is 41.9 Å². The van der Waals surface area contributed by atoms with Crippen molar-refractivity contribution >= 4 is 34.3 Å². The summed E-state index contributed by atoms with van der Waals surface area (Å²) >= 11 is 0. The number of benzene rings is 1. The van der Waals surface area contributed by atoms with Gasteiger partial charge in [-0.25, -0.2) is 14.6 Å². The number of tetrazole rings is 1. The van der Waals surface area contributed by atoms with E-state index in [2.05, 4.69) is 52.8 Å². The molecule has 1 atom stereocenters. The molecule has 5 heterocycles. The molecule has 1 fully saturated rings. The zero-order valence-corrected chi connectivity index (χ0v) is 22.6. The van der Waals surface area contributed by atoms with E-state index in [1.54, 1.807) is 11.0 Å². The van der Waals surface area contributed by atoms with Gasteiger partial charge in [0.05, 0.1) is 35.0 Å². The van der Waals surface area contributed by atoms with E-state index < -0.39 is 5.54 Å². The molecule has 0 unspecified atom stereocenters. The van der Waals surface area contributed by atoms with Crippen molar-refractivity contribution in [1.82, 2.24) is 40.4 Å². The minimum Gasteiger partial charge on any atom is -0.375 e. The molecule has 0 aliphatic carbocycles. The highest BCUT2D eigenvalue weighted by atomic mass is 16.5. The zero-order chi connectivity index (χ0) is 27.3. The molecule has 1 saturated heterocycles. The number of aromatic nitrogens is 8. The predicted octanol–water partition coefficient (Wildman–Crippen LogP) is 2.72. The number of amides is 1. The number of rotatable bonds is 5. The Bertz CT molecular complexity index is 1590. The van der Waals surface area contributed by atoms with Crippen molar-refractivity contribution < 1.29 is 9.53 Å². The van der Waals surface area contributed by atoms with Gasteiger partial charge in [-0.05, 0) is 55.8 Å². The maximum Gasteiger partial charge on any atom is 0.255 e. The second kappa shape index (κ2) is 9.42. The first kappa shape index (κ1) is 24.9. The van der Waals surface area contributed by atoms with Crippen LogP contribution >= 0.6 is 0 Å². The molecule has 2 aliphatic heterocycles. The lowest BCUT2D eigenvalue weighted by Gasteiger charge is -2.37. The van der Waals surface area contributed by atoms with Crippen molar-refractivity contribution in [2.45, 2.75) is 45.8 Å². The summed E-state index contributed by atoms with van der Waals surface area (Å²) in [6.07, 6.45) is 2.71. The molecule has 6 rings (SSSR count). The van der Waals surface area contributed by atoms with Crippen molar-refractivity contribution in [3.8, 4) is 11.4 Å². The molecule has 0 saturated carbocycles. The van der Waals surface area contributed by atoms with Crippen LogP contribution in [-0.4, -0.2) is 79.1 Å². The summed E-state index contributed by atoms with van der Waals surface area (Å²) < 4.78 is 7.48. The monoisotopic (exact) mass is 529 g/mol. The Morgan fingerprint density at radius 1 is 1.26 bits per heavy atom. The lowest BCUT2D eigenvalue weighted by molar-refractivity contribution is -0.113. The summed E-state index contributed by atoms with van der Waals surface area (Å²) in [5.41, 5.74) is 3.50. The van der Waals surface area contributed by atoms with Gasteiger partial charge in [0.15, 0.2) is 0 Å². The summed E-state index contributed by atoms with van der Waals surface area (Å²) in [7, 11) is 1.85. The molecule has 4 aromatic rings. The summed E-state index contributed by atoms with van der Waals surface area (Å²) in [6, 6.07) is 7.62. The molecule has 0 bridgehead atoms. The summed E-state index contributed by atoms with van der Waals surface area (Å²) in [5, 5.41) is 23.6. The first-order valence-electron chi connectivity index (χ1n) is 13.0. The Morgan fingerprint density at radius 2 is 2.10 bits per heavy atom. The van der Waals surface area contributed by atoms with Gasteiger partial charge in [-0.1, -0.05) is 12.0 Å². The molecule has 1 aromatic carbocycles. The molecule has 0 spiro atoms. The number of anilines is 3. The molecule has 13 nitrogen and oxygen atoms in total. The molecule has 13 heteroatoms. The molecular weight excluding hydrogens is 498 g/mol. The first-order chi connectivity index (χ1) is 18.8. The maximum absolute atomic E-state index is 13.6. The number of aromatic amines is 1. The number of ether oxygens (including phenoxy) is 1. The maximum atomic E-state index is 13.6. The van der Waals surface area contributed by atoms with Crippen molar-refractivity contribution in [2.24, 2.45) is 0 Å². The lowest BCUT2D eigenvalue weighted by atomic mass is 9.89. The standard InChI is InChI=1S/C26H31N11O2/c1-6-17-13-36(9-10-39-17)21-12-20(27-14-28-21)23-18-11-16(7-8-19(18)30-31-23)29-24(38)22-15(2)35(5)25-32-33-34-37(25)26(22,3)4/h7-8,11-12,14,17H,6,9-10,13H2,1-5H3,(H,29,38)(H,30,31)/t17-/m0/s1. The quantitative estimate of drug-likeness (QED) is 0.396. The van der Waals surface area contributed by atoms with Crippen molar-refractivity contribution in [1.29, 1.82) is 0 Å². The van der Waals surface area contributed by atoms with Crippen LogP contribution < -0.4 is 15.1 Å². The van der Waals surface area contributed by atoms with Gasteiger partial charge in [-0.15, -0.1) is 0 Å². The molecule has 0 radical (unpaired) electrons. The van der Waals surface area contributed by atoms with Crippen LogP contribution in [0.5, 0.6) is 0 Å². The van der Waals surface area contributed by atoms with Crippen LogP contribution in [0.25, 0.3) is 22.3 Å². The van der Waals surface area contributed by atoms with E-state index in [-0.39, 0.29) is 12.0 Å². The third-order valence-electron chi connectivity index (χ3n) is 7.62. The Hall–Kier alpha value is -4.39. The normalized spacial score (nSPS) is 18.9. The van der Waals surface area contributed by atoms with E-state index in [4.69, 9.17) is 4.74 Å². The van der Waals surface area contributed by atoms with Crippen LogP contribution in [0.4, 0.5) is 17.5 Å². The fourth-order valence-corrected chi connectivity index (χ4v) is 5.37. The SMILES string of the molecule is CC[C@H]1CN(c2cc(-c3n[nH]c4ccc(NC(=O)C5=C(C)N(C)c6nnnn6C5(C)C)cc34)ncn2)CCO1. The average Bonchev–Trinajstić information content (AvgIpc) is 3.60. The minimum absolute atomic E-state index is 0.189. The highest BCUT2D eigenvalue weighted by Crippen LogP contribution is 2.37. The van der Waals surface area contributed by atoms with E-state index in [0.717, 1.165) is 41.9 Å². The largest absolute Gasteiger partial charge is 0.375 e. The Labute approximate surface area is 225 Å². The van der Waals surface area contributed by atoms with Gasteiger partial charge < -0.3 is 19.9 Å². The predicted molar refractivity (Wildman–Crippen MR) is 146 cm³/mol. The van der Waals surface area contributed by atoms with Crippen LogP contribution in [0.15, 0.2) is 41.9 Å². The molecule has 1 amide bonds. The Morgan fingerprint density at radius 3 is 2.92 bits per heavy atom. The zero-order valence-electron chi connectivity index (χ0n) is 22.6. The van der Waals surface area contributed by atoms with Gasteiger partial charge in [0.1, 0.15) is 17.8 Å². The summed E-state index contributed by atoms with van der Waals surface area (Å²) in [5.74, 6) is 1.21. The van der Waals surface area contributed by atoms with Crippen LogP contribution in [0, 0.1) is 0 Å². The molecule has 3 aromatic heterocycles. The fourth-order valence-electron chi connectivity index (χ4n) is 5.37. The van der Waals surface area contributed by atoms with Gasteiger partial charge >= 0.3 is 0 Å². The first-order valence-corrected chi connectivity index (χ1v) is 13.0. The second-order valence-electron chi connectivity index (χ2n) is 10.4. The van der Waals surface area contributed by atoms with Crippen LogP contribution in [-0.2, 0) is 15.1 Å². The number of nitrogens with zero attached hydrogens (tertiary/aromatic N) is 9. The van der Waals surface area contributed by atoms with E-state index in [9.17, 15) is 4.79 Å². The van der Waals surface area contributed by atoms with E-state index >= 15 is 0 Å². The third kappa shape index (κ3) is 4.18. The van der Waals surface area contributed by atoms with Crippen LogP contribution in [0.3, 0.4) is 0 Å². The van der Waals surface area contributed by atoms with Gasteiger partial charge in [0, 0.05) is 43.0 Å². The second-order valence-corrected chi connectivity index (χ2v) is 10.4. The third-order valence-corrected chi connectivity index (χ3v) is 7.62. The Kier molecular flexibility index (Phi) is 6.02. The number of morpholine rings is 1. The minimum atomic E-state index is -0.738. The van der Waals surface area contributed by atoms with Gasteiger partial charge in [-0.3, -0.25) is 9.89 Å². The number of nitrogens with one attached hydrogen (secondary N) is 2. The topological polar surface area (TPSA) is 143 Å². The average molecular weight is 530 g/mol. The summed E-state index contributed by atoms with van der Waals surface area (Å²) in [4.78, 5) is 26.7. The van der Waals surface area contributed by atoms with Crippen LogP contribution in [0.1, 0.15) is 34.1 Å². The van der Waals surface area contributed by atoms with Crippen LogP contribution in [0.2, 0.25) is 0 Å². The number of hydrogen-bond acceptors (Lipinski definition) is 10. The lowest BCUT2D eigenvalue weighted by Crippen LogP contribution is -2.44. The molecule has 39 heavy (non-hydrogen) atoms. The van der Waals surface area contributed by atoms with E-state index in [0.29, 0.717) is 35.2 Å². The number of fused-ring (bicyclic) bond motifs is 2. The fraction of sp³-hybridized carbons (Fsp3) is 0.423. The molecular formula is C26H31N11O2. The number of H-pyrrole nitrogens is 1. The molecule has 202 valence electrons. The number of allylic oxidation sites excluding steroid dienone is 1. The van der Waals surface area contributed by atoms with Gasteiger partial charge in [0.25, 0.3) is 5.91 Å². The molecule has 2 aliphatic rings. The smallest absolute Gasteiger partial charge is 0.255 e. The van der Waals surface area contributed by atoms with Gasteiger partial charge in [0.2, 0.25) is 5.95 Å². The number of hydrogen-bond donors (Lipinski definition) is 2. The number of carbonyl (C=O) groups is 1. The highest BCUT2D eigenvalue weighted by molar-refractivity contribution is 6.07. The van der Waals surface area contributed by atoms with E-state index in [1.165, 1.54) is 0 Å². The summed E-state index contributed by atoms with van der Waals surface area (Å²) in [6.45, 7) is 10.1. The highest BCUT2D eigenvalue weighted by Gasteiger charge is 2.41. The Balaban J connectivity index is 1.30. The molecule has 2 N–H and O–H groups in total.